The van der Waals surface area contributed by atoms with Crippen molar-refractivity contribution in [1.29, 1.82) is 0 Å². The Kier molecular flexibility index (Phi) is 6.47. The number of anilines is 2. The third-order valence-corrected chi connectivity index (χ3v) is 5.20. The first-order valence-corrected chi connectivity index (χ1v) is 10.3. The maximum atomic E-state index is 12.7. The van der Waals surface area contributed by atoms with Crippen LogP contribution in [-0.4, -0.2) is 27.1 Å². The molecule has 0 spiro atoms. The van der Waals surface area contributed by atoms with Crippen LogP contribution < -0.4 is 16.4 Å². The normalized spacial score (nSPS) is 11.5. The maximum Gasteiger partial charge on any atom is 0.276 e. The Balaban J connectivity index is 1.46. The molecule has 0 saturated heterocycles. The van der Waals surface area contributed by atoms with Crippen molar-refractivity contribution in [2.75, 3.05) is 10.6 Å². The number of nitrogens with one attached hydrogen (secondary N) is 3. The van der Waals surface area contributed by atoms with Gasteiger partial charge in [0.05, 0.1) is 0 Å². The number of para-hydroxylation sites is 1. The summed E-state index contributed by atoms with van der Waals surface area (Å²) in [5.74, 6) is -0.927. The van der Waals surface area contributed by atoms with Gasteiger partial charge in [-0.3, -0.25) is 14.7 Å². The van der Waals surface area contributed by atoms with Crippen molar-refractivity contribution in [2.45, 2.75) is 12.6 Å². The molecule has 0 fully saturated rings. The third kappa shape index (κ3) is 5.08. The lowest BCUT2D eigenvalue weighted by Gasteiger charge is -2.17. The number of primary amides is 1. The molecule has 1 unspecified atom stereocenters. The first kappa shape index (κ1) is 21.8. The number of aromatic nitrogens is 2. The van der Waals surface area contributed by atoms with Crippen LogP contribution in [0.3, 0.4) is 0 Å². The number of carbonyl (C=O) groups is 2. The molecule has 166 valence electrons. The van der Waals surface area contributed by atoms with Gasteiger partial charge in [0.15, 0.2) is 5.69 Å². The van der Waals surface area contributed by atoms with Crippen molar-refractivity contribution in [3.05, 3.63) is 113 Å². The van der Waals surface area contributed by atoms with Gasteiger partial charge in [-0.1, -0.05) is 48.5 Å². The fraction of sp³-hybridized carbons (Fsp3) is 0.0800. The number of rotatable bonds is 8. The quantitative estimate of drug-likeness (QED) is 0.286. The van der Waals surface area contributed by atoms with Gasteiger partial charge in [-0.15, -0.1) is 0 Å². The molecule has 8 heteroatoms. The predicted octanol–water partition coefficient (Wildman–Crippen LogP) is 3.45. The van der Waals surface area contributed by atoms with Crippen LogP contribution in [0.15, 0.2) is 85.1 Å². The lowest BCUT2D eigenvalue weighted by Crippen LogP contribution is -2.16. The number of aliphatic hydroxyl groups is 1. The molecule has 1 heterocycles. The maximum absolute atomic E-state index is 12.7. The molecule has 4 rings (SSSR count). The summed E-state index contributed by atoms with van der Waals surface area (Å²) in [6, 6.07) is 23.2. The van der Waals surface area contributed by atoms with E-state index in [4.69, 9.17) is 5.73 Å². The van der Waals surface area contributed by atoms with Crippen LogP contribution in [0.5, 0.6) is 0 Å². The molecule has 6 N–H and O–H groups in total. The van der Waals surface area contributed by atoms with E-state index in [1.54, 1.807) is 30.5 Å². The number of H-pyrrole nitrogens is 1. The highest BCUT2D eigenvalue weighted by Gasteiger charge is 2.17. The minimum Gasteiger partial charge on any atom is -0.384 e. The second-order valence-corrected chi connectivity index (χ2v) is 7.41. The molecule has 4 aromatic rings. The first-order chi connectivity index (χ1) is 16.0. The number of aliphatic hydroxyl groups excluding tert-OH is 1. The van der Waals surface area contributed by atoms with E-state index < -0.39 is 17.9 Å². The van der Waals surface area contributed by atoms with E-state index in [-0.39, 0.29) is 5.69 Å². The monoisotopic (exact) mass is 441 g/mol. The first-order valence-electron chi connectivity index (χ1n) is 10.3. The largest absolute Gasteiger partial charge is 0.384 e. The van der Waals surface area contributed by atoms with Crippen molar-refractivity contribution in [3.63, 3.8) is 0 Å². The molecule has 3 aromatic carbocycles. The van der Waals surface area contributed by atoms with Crippen LogP contribution in [-0.2, 0) is 6.54 Å². The summed E-state index contributed by atoms with van der Waals surface area (Å²) in [6.07, 6.45) is 0.860. The summed E-state index contributed by atoms with van der Waals surface area (Å²) in [4.78, 5) is 23.9. The molecule has 0 aliphatic carbocycles. The number of benzene rings is 3. The van der Waals surface area contributed by atoms with Crippen LogP contribution in [0.4, 0.5) is 11.4 Å². The van der Waals surface area contributed by atoms with Gasteiger partial charge in [0.1, 0.15) is 6.10 Å². The van der Waals surface area contributed by atoms with E-state index in [1.807, 2.05) is 54.6 Å². The van der Waals surface area contributed by atoms with E-state index in [1.165, 1.54) is 0 Å². The zero-order valence-electron chi connectivity index (χ0n) is 17.7. The van der Waals surface area contributed by atoms with Gasteiger partial charge in [-0.2, -0.15) is 5.10 Å². The molecular weight excluding hydrogens is 418 g/mol. The van der Waals surface area contributed by atoms with Crippen molar-refractivity contribution in [3.8, 4) is 0 Å². The van der Waals surface area contributed by atoms with E-state index in [2.05, 4.69) is 20.8 Å². The third-order valence-electron chi connectivity index (χ3n) is 5.20. The van der Waals surface area contributed by atoms with Gasteiger partial charge in [0.25, 0.3) is 5.91 Å². The number of aromatic amines is 1. The van der Waals surface area contributed by atoms with E-state index in [0.29, 0.717) is 23.4 Å². The molecule has 33 heavy (non-hydrogen) atoms. The highest BCUT2D eigenvalue weighted by molar-refractivity contribution is 6.04. The summed E-state index contributed by atoms with van der Waals surface area (Å²) in [7, 11) is 0. The zero-order valence-corrected chi connectivity index (χ0v) is 17.7. The molecule has 2 amide bonds. The van der Waals surface area contributed by atoms with Crippen molar-refractivity contribution in [1.82, 2.24) is 10.2 Å². The minimum atomic E-state index is -0.787. The van der Waals surface area contributed by atoms with Crippen molar-refractivity contribution >= 4 is 23.2 Å². The fourth-order valence-electron chi connectivity index (χ4n) is 3.46. The average molecular weight is 441 g/mol. The Morgan fingerprint density at radius 1 is 0.970 bits per heavy atom. The topological polar surface area (TPSA) is 133 Å². The van der Waals surface area contributed by atoms with Crippen molar-refractivity contribution in [2.24, 2.45) is 5.73 Å². The summed E-state index contributed by atoms with van der Waals surface area (Å²) in [5.41, 5.74) is 9.28. The molecule has 0 bridgehead atoms. The highest BCUT2D eigenvalue weighted by Crippen LogP contribution is 2.28. The van der Waals surface area contributed by atoms with Gasteiger partial charge in [0, 0.05) is 40.8 Å². The minimum absolute atomic E-state index is 0.238. The van der Waals surface area contributed by atoms with Crippen LogP contribution >= 0.6 is 0 Å². The number of amides is 2. The number of hydrogen-bond acceptors (Lipinski definition) is 5. The lowest BCUT2D eigenvalue weighted by atomic mass is 10.00. The molecule has 0 saturated carbocycles. The number of hydrogen-bond donors (Lipinski definition) is 5. The number of carbonyl (C=O) groups excluding carboxylic acids is 2. The summed E-state index contributed by atoms with van der Waals surface area (Å²) >= 11 is 0. The average Bonchev–Trinajstić information content (AvgIpc) is 3.32. The molecule has 0 radical (unpaired) electrons. The number of nitrogens with zero attached hydrogens (tertiary/aromatic N) is 1. The Labute approximate surface area is 190 Å². The number of nitrogens with two attached hydrogens (primary N) is 1. The van der Waals surface area contributed by atoms with Crippen molar-refractivity contribution < 1.29 is 14.7 Å². The Morgan fingerprint density at radius 3 is 2.39 bits per heavy atom. The summed E-state index contributed by atoms with van der Waals surface area (Å²) in [5, 5.41) is 23.7. The summed E-state index contributed by atoms with van der Waals surface area (Å²) < 4.78 is 0. The molecule has 1 aromatic heterocycles. The lowest BCUT2D eigenvalue weighted by molar-refractivity contribution is 0.0997. The second-order valence-electron chi connectivity index (χ2n) is 7.41. The molecular formula is C25H23N5O3. The SMILES string of the molecule is NC(=O)c1ccc(NC(=O)c2n[nH]cc2CNc2ccccc2C(O)c2ccccc2)cc1. The van der Waals surface area contributed by atoms with Crippen LogP contribution in [0, 0.1) is 0 Å². The zero-order chi connectivity index (χ0) is 23.2. The standard InChI is InChI=1S/C25H23N5O3/c26-24(32)17-10-12-19(13-11-17)29-25(33)22-18(15-28-30-22)14-27-21-9-5-4-8-20(21)23(31)16-6-2-1-3-7-16/h1-13,15,23,27,31H,14H2,(H2,26,32)(H,28,30)(H,29,33). The van der Waals surface area contributed by atoms with Gasteiger partial charge in [-0.05, 0) is 35.9 Å². The fourth-order valence-corrected chi connectivity index (χ4v) is 3.46. The van der Waals surface area contributed by atoms with Gasteiger partial charge < -0.3 is 21.5 Å². The Morgan fingerprint density at radius 2 is 1.67 bits per heavy atom. The summed E-state index contributed by atoms with van der Waals surface area (Å²) in [6.45, 7) is 0.318. The van der Waals surface area contributed by atoms with E-state index in [9.17, 15) is 14.7 Å². The second kappa shape index (κ2) is 9.80. The molecule has 0 aliphatic rings. The Hall–Kier alpha value is -4.43. The predicted molar refractivity (Wildman–Crippen MR) is 126 cm³/mol. The smallest absolute Gasteiger partial charge is 0.276 e. The van der Waals surface area contributed by atoms with Crippen LogP contribution in [0.25, 0.3) is 0 Å². The van der Waals surface area contributed by atoms with Crippen LogP contribution in [0.2, 0.25) is 0 Å². The Bertz CT molecular complexity index is 1250. The van der Waals surface area contributed by atoms with E-state index in [0.717, 1.165) is 16.8 Å². The van der Waals surface area contributed by atoms with Crippen LogP contribution in [0.1, 0.15) is 43.6 Å². The molecule has 8 nitrogen and oxygen atoms in total. The highest BCUT2D eigenvalue weighted by atomic mass is 16.3. The molecule has 0 aliphatic heterocycles. The molecule has 1 atom stereocenters. The van der Waals surface area contributed by atoms with E-state index >= 15 is 0 Å². The van der Waals surface area contributed by atoms with Gasteiger partial charge in [0.2, 0.25) is 5.91 Å². The van der Waals surface area contributed by atoms with Gasteiger partial charge >= 0.3 is 0 Å². The van der Waals surface area contributed by atoms with Gasteiger partial charge in [-0.25, -0.2) is 0 Å².